The van der Waals surface area contributed by atoms with Crippen LogP contribution in [0, 0.1) is 0 Å². The second kappa shape index (κ2) is 4.30. The van der Waals surface area contributed by atoms with E-state index < -0.39 is 5.60 Å². The van der Waals surface area contributed by atoms with Crippen LogP contribution in [0.25, 0.3) is 0 Å². The third-order valence-electron chi connectivity index (χ3n) is 3.14. The maximum Gasteiger partial charge on any atom is 0.130 e. The first-order valence-electron chi connectivity index (χ1n) is 5.72. The van der Waals surface area contributed by atoms with E-state index in [0.29, 0.717) is 5.69 Å². The number of hydrogen-bond donors (Lipinski definition) is 1. The summed E-state index contributed by atoms with van der Waals surface area (Å²) in [6, 6.07) is 7.97. The molecule has 2 rings (SSSR count). The second-order valence-electron chi connectivity index (χ2n) is 4.37. The maximum absolute atomic E-state index is 10.6. The molecule has 0 aliphatic rings. The van der Waals surface area contributed by atoms with Crippen molar-refractivity contribution in [2.24, 2.45) is 7.05 Å². The Morgan fingerprint density at radius 2 is 1.94 bits per heavy atom. The summed E-state index contributed by atoms with van der Waals surface area (Å²) in [5, 5.41) is 18.2. The lowest BCUT2D eigenvalue weighted by Gasteiger charge is -2.23. The Morgan fingerprint density at radius 1 is 1.29 bits per heavy atom. The van der Waals surface area contributed by atoms with Crippen molar-refractivity contribution < 1.29 is 5.11 Å². The summed E-state index contributed by atoms with van der Waals surface area (Å²) < 4.78 is 1.59. The Balaban J connectivity index is 2.40. The van der Waals surface area contributed by atoms with Gasteiger partial charge in [-0.2, -0.15) is 0 Å². The van der Waals surface area contributed by atoms with Gasteiger partial charge in [-0.3, -0.25) is 0 Å². The first-order valence-corrected chi connectivity index (χ1v) is 5.72. The van der Waals surface area contributed by atoms with E-state index in [1.807, 2.05) is 24.3 Å². The SMILES string of the molecule is CCc1ccc(C(C)(O)c2cnnn2C)cc1. The molecular formula is C13H17N3O. The topological polar surface area (TPSA) is 50.9 Å². The third-order valence-corrected chi connectivity index (χ3v) is 3.14. The molecule has 90 valence electrons. The van der Waals surface area contributed by atoms with Gasteiger partial charge in [-0.25, -0.2) is 4.68 Å². The van der Waals surface area contributed by atoms with Crippen molar-refractivity contribution >= 4 is 0 Å². The monoisotopic (exact) mass is 231 g/mol. The molecule has 0 aliphatic heterocycles. The fraction of sp³-hybridized carbons (Fsp3) is 0.385. The van der Waals surface area contributed by atoms with Gasteiger partial charge < -0.3 is 5.11 Å². The van der Waals surface area contributed by atoms with E-state index in [9.17, 15) is 5.11 Å². The van der Waals surface area contributed by atoms with E-state index in [1.165, 1.54) is 5.56 Å². The van der Waals surface area contributed by atoms with Gasteiger partial charge in [0.05, 0.1) is 11.9 Å². The zero-order chi connectivity index (χ0) is 12.5. The minimum atomic E-state index is -1.06. The molecule has 0 fully saturated rings. The third kappa shape index (κ3) is 2.08. The highest BCUT2D eigenvalue weighted by molar-refractivity contribution is 5.32. The molecule has 2 aromatic rings. The predicted molar refractivity (Wildman–Crippen MR) is 65.5 cm³/mol. The predicted octanol–water partition coefficient (Wildman–Crippen LogP) is 1.63. The average Bonchev–Trinajstić information content (AvgIpc) is 2.76. The highest BCUT2D eigenvalue weighted by Crippen LogP contribution is 2.28. The Hall–Kier alpha value is -1.68. The molecule has 4 nitrogen and oxygen atoms in total. The van der Waals surface area contributed by atoms with Crippen LogP contribution in [0.2, 0.25) is 0 Å². The van der Waals surface area contributed by atoms with Crippen LogP contribution in [0.1, 0.15) is 30.7 Å². The summed E-state index contributed by atoms with van der Waals surface area (Å²) in [4.78, 5) is 0. The smallest absolute Gasteiger partial charge is 0.130 e. The molecule has 0 radical (unpaired) electrons. The van der Waals surface area contributed by atoms with Crippen molar-refractivity contribution in [2.75, 3.05) is 0 Å². The fourth-order valence-electron chi connectivity index (χ4n) is 1.94. The Labute approximate surface area is 101 Å². The van der Waals surface area contributed by atoms with E-state index in [1.54, 1.807) is 24.9 Å². The molecule has 0 bridgehead atoms. The van der Waals surface area contributed by atoms with Crippen LogP contribution in [0.4, 0.5) is 0 Å². The Kier molecular flexibility index (Phi) is 2.98. The van der Waals surface area contributed by atoms with Crippen LogP contribution >= 0.6 is 0 Å². The molecule has 1 aromatic heterocycles. The fourth-order valence-corrected chi connectivity index (χ4v) is 1.94. The Bertz CT molecular complexity index is 500. The first kappa shape index (κ1) is 11.8. The van der Waals surface area contributed by atoms with E-state index >= 15 is 0 Å². The Morgan fingerprint density at radius 3 is 2.41 bits per heavy atom. The van der Waals surface area contributed by atoms with Gasteiger partial charge in [0.15, 0.2) is 0 Å². The molecule has 1 N–H and O–H groups in total. The van der Waals surface area contributed by atoms with Gasteiger partial charge in [-0.15, -0.1) is 5.10 Å². The lowest BCUT2D eigenvalue weighted by molar-refractivity contribution is 0.0929. The summed E-state index contributed by atoms with van der Waals surface area (Å²) in [7, 11) is 1.78. The van der Waals surface area contributed by atoms with Crippen molar-refractivity contribution in [1.82, 2.24) is 15.0 Å². The van der Waals surface area contributed by atoms with Gasteiger partial charge in [-0.05, 0) is 24.5 Å². The molecule has 0 aliphatic carbocycles. The normalized spacial score (nSPS) is 14.6. The zero-order valence-corrected chi connectivity index (χ0v) is 10.4. The second-order valence-corrected chi connectivity index (χ2v) is 4.37. The van der Waals surface area contributed by atoms with Crippen LogP contribution in [-0.4, -0.2) is 20.1 Å². The van der Waals surface area contributed by atoms with E-state index in [2.05, 4.69) is 17.2 Å². The molecule has 0 spiro atoms. The maximum atomic E-state index is 10.6. The molecule has 1 heterocycles. The van der Waals surface area contributed by atoms with Crippen molar-refractivity contribution in [2.45, 2.75) is 25.9 Å². The standard InChI is InChI=1S/C13H17N3O/c1-4-10-5-7-11(8-6-10)13(2,17)12-9-14-15-16(12)3/h5-9,17H,4H2,1-3H3. The number of hydrogen-bond acceptors (Lipinski definition) is 3. The molecule has 1 aromatic carbocycles. The number of aliphatic hydroxyl groups is 1. The number of aromatic nitrogens is 3. The van der Waals surface area contributed by atoms with Crippen molar-refractivity contribution in [3.8, 4) is 0 Å². The molecular weight excluding hydrogens is 214 g/mol. The van der Waals surface area contributed by atoms with Crippen LogP contribution in [-0.2, 0) is 19.1 Å². The molecule has 0 saturated carbocycles. The van der Waals surface area contributed by atoms with Gasteiger partial charge in [0.1, 0.15) is 5.60 Å². The quantitative estimate of drug-likeness (QED) is 0.873. The van der Waals surface area contributed by atoms with E-state index in [-0.39, 0.29) is 0 Å². The van der Waals surface area contributed by atoms with Gasteiger partial charge in [0.2, 0.25) is 0 Å². The molecule has 17 heavy (non-hydrogen) atoms. The van der Waals surface area contributed by atoms with E-state index in [4.69, 9.17) is 0 Å². The highest BCUT2D eigenvalue weighted by Gasteiger charge is 2.29. The minimum absolute atomic E-state index is 0.682. The van der Waals surface area contributed by atoms with Crippen molar-refractivity contribution in [3.63, 3.8) is 0 Å². The number of rotatable bonds is 3. The van der Waals surface area contributed by atoms with Gasteiger partial charge in [-0.1, -0.05) is 36.4 Å². The molecule has 0 amide bonds. The molecule has 0 saturated heterocycles. The minimum Gasteiger partial charge on any atom is -0.379 e. The number of nitrogens with zero attached hydrogens (tertiary/aromatic N) is 3. The lowest BCUT2D eigenvalue weighted by Crippen LogP contribution is -2.26. The van der Waals surface area contributed by atoms with Crippen LogP contribution in [0.3, 0.4) is 0 Å². The summed E-state index contributed by atoms with van der Waals surface area (Å²) in [5.74, 6) is 0. The van der Waals surface area contributed by atoms with Crippen molar-refractivity contribution in [1.29, 1.82) is 0 Å². The molecule has 4 heteroatoms. The summed E-state index contributed by atoms with van der Waals surface area (Å²) in [5.41, 5.74) is 1.72. The summed E-state index contributed by atoms with van der Waals surface area (Å²) in [6.45, 7) is 3.87. The largest absolute Gasteiger partial charge is 0.379 e. The zero-order valence-electron chi connectivity index (χ0n) is 10.4. The summed E-state index contributed by atoms with van der Waals surface area (Å²) in [6.07, 6.45) is 2.59. The number of aryl methyl sites for hydroxylation is 2. The van der Waals surface area contributed by atoms with Gasteiger partial charge in [0.25, 0.3) is 0 Å². The van der Waals surface area contributed by atoms with Crippen LogP contribution in [0.5, 0.6) is 0 Å². The average molecular weight is 231 g/mol. The molecule has 1 unspecified atom stereocenters. The van der Waals surface area contributed by atoms with E-state index in [0.717, 1.165) is 12.0 Å². The number of benzene rings is 1. The van der Waals surface area contributed by atoms with Gasteiger partial charge in [0, 0.05) is 7.05 Å². The van der Waals surface area contributed by atoms with Crippen LogP contribution in [0.15, 0.2) is 30.5 Å². The summed E-state index contributed by atoms with van der Waals surface area (Å²) >= 11 is 0. The van der Waals surface area contributed by atoms with Gasteiger partial charge >= 0.3 is 0 Å². The highest BCUT2D eigenvalue weighted by atomic mass is 16.3. The van der Waals surface area contributed by atoms with Crippen molar-refractivity contribution in [3.05, 3.63) is 47.3 Å². The lowest BCUT2D eigenvalue weighted by atomic mass is 9.92. The van der Waals surface area contributed by atoms with Crippen LogP contribution < -0.4 is 0 Å². The first-order chi connectivity index (χ1) is 8.05. The molecule has 1 atom stereocenters.